The summed E-state index contributed by atoms with van der Waals surface area (Å²) in [7, 11) is -2.45. The van der Waals surface area contributed by atoms with Gasteiger partial charge in [0.2, 0.25) is 10.9 Å². The Morgan fingerprint density at radius 3 is 2.80 bits per heavy atom. The van der Waals surface area contributed by atoms with E-state index in [4.69, 9.17) is 9.39 Å². The zero-order valence-corrected chi connectivity index (χ0v) is 15.0. The van der Waals surface area contributed by atoms with Gasteiger partial charge in [0.05, 0.1) is 12.3 Å². The van der Waals surface area contributed by atoms with Gasteiger partial charge in [-0.2, -0.15) is 16.6 Å². The third kappa shape index (κ3) is 3.87. The normalized spacial score (nSPS) is 20.8. The van der Waals surface area contributed by atoms with Crippen LogP contribution in [-0.4, -0.2) is 67.2 Å². The molecule has 0 spiro atoms. The first-order valence-electron chi connectivity index (χ1n) is 7.48. The van der Waals surface area contributed by atoms with Crippen molar-refractivity contribution in [3.63, 3.8) is 0 Å². The molecule has 1 saturated heterocycles. The van der Waals surface area contributed by atoms with Gasteiger partial charge in [-0.3, -0.25) is 0 Å². The van der Waals surface area contributed by atoms with Crippen LogP contribution >= 0.6 is 11.8 Å². The van der Waals surface area contributed by atoms with Crippen LogP contribution in [-0.2, 0) is 17.3 Å². The molecule has 1 fully saturated rings. The largest absolute Gasteiger partial charge is 0.536 e. The second kappa shape index (κ2) is 7.42. The van der Waals surface area contributed by atoms with Crippen molar-refractivity contribution in [3.8, 4) is 11.5 Å². The van der Waals surface area contributed by atoms with Gasteiger partial charge in [-0.05, 0) is 18.1 Å². The highest BCUT2D eigenvalue weighted by molar-refractivity contribution is 8.02. The molecule has 0 bridgehead atoms. The zero-order chi connectivity index (χ0) is 18.1. The molecule has 25 heavy (non-hydrogen) atoms. The van der Waals surface area contributed by atoms with E-state index in [-0.39, 0.29) is 27.5 Å². The van der Waals surface area contributed by atoms with Crippen LogP contribution in [0.15, 0.2) is 12.1 Å². The second-order valence-electron chi connectivity index (χ2n) is 5.71. The van der Waals surface area contributed by atoms with Crippen LogP contribution in [0, 0.1) is 0 Å². The third-order valence-electron chi connectivity index (χ3n) is 4.05. The number of ether oxygens (including phenoxy) is 1. The summed E-state index contributed by atoms with van der Waals surface area (Å²) < 4.78 is 31.7. The van der Waals surface area contributed by atoms with Crippen LogP contribution in [0.25, 0.3) is 0 Å². The van der Waals surface area contributed by atoms with Crippen LogP contribution < -0.4 is 14.2 Å². The van der Waals surface area contributed by atoms with Gasteiger partial charge in [0.25, 0.3) is 0 Å². The molecule has 1 atom stereocenters. The van der Waals surface area contributed by atoms with Crippen molar-refractivity contribution in [3.05, 3.63) is 23.3 Å². The van der Waals surface area contributed by atoms with Gasteiger partial charge in [0.15, 0.2) is 0 Å². The molecular weight excluding hydrogens is 371 g/mol. The van der Waals surface area contributed by atoms with Crippen LogP contribution in [0.2, 0.25) is 0 Å². The molecule has 136 valence electrons. The van der Waals surface area contributed by atoms with Crippen molar-refractivity contribution in [1.82, 2.24) is 9.84 Å². The zero-order valence-electron chi connectivity index (χ0n) is 13.2. The predicted molar refractivity (Wildman–Crippen MR) is 92.4 cm³/mol. The molecule has 2 aliphatic heterocycles. The topological polar surface area (TPSA) is 125 Å². The fourth-order valence-corrected chi connectivity index (χ4v) is 4.76. The van der Waals surface area contributed by atoms with Crippen molar-refractivity contribution < 1.29 is 32.7 Å². The number of thioether (sulfide) groups is 1. The lowest BCUT2D eigenvalue weighted by Gasteiger charge is -2.39. The summed E-state index contributed by atoms with van der Waals surface area (Å²) in [5, 5.41) is 21.1. The summed E-state index contributed by atoms with van der Waals surface area (Å²) >= 11 is 1.50. The molecule has 3 N–H and O–H groups in total. The van der Waals surface area contributed by atoms with E-state index in [9.17, 15) is 23.3 Å². The van der Waals surface area contributed by atoms with Crippen molar-refractivity contribution in [2.75, 3.05) is 20.2 Å². The Morgan fingerprint density at radius 1 is 1.48 bits per heavy atom. The monoisotopic (exact) mass is 388 g/mol. The number of carboxylic acids is 1. The summed E-state index contributed by atoms with van der Waals surface area (Å²) in [4.78, 5) is 13.8. The lowest BCUT2D eigenvalue weighted by Crippen LogP contribution is -2.57. The van der Waals surface area contributed by atoms with Gasteiger partial charge in [-0.1, -0.05) is 6.07 Å². The quantitative estimate of drug-likeness (QED) is 0.365. The summed E-state index contributed by atoms with van der Waals surface area (Å²) in [6.45, 7) is 1.07. The molecule has 0 aliphatic carbocycles. The van der Waals surface area contributed by atoms with E-state index in [1.807, 2.05) is 0 Å². The number of carboxylic acid groups (broad SMARTS) is 1. The molecule has 2 heterocycles. The van der Waals surface area contributed by atoms with E-state index in [2.05, 4.69) is 4.83 Å². The maximum absolute atomic E-state index is 11.5. The Kier molecular flexibility index (Phi) is 5.44. The van der Waals surface area contributed by atoms with Gasteiger partial charge in [0, 0.05) is 18.3 Å². The van der Waals surface area contributed by atoms with E-state index in [1.54, 1.807) is 17.1 Å². The SMILES string of the molecule is COc1ccc2c(c1C(=O)O)OB(O)[C@@H](SC1CN(N[SH](=O)=O)C1)C2. The van der Waals surface area contributed by atoms with Gasteiger partial charge in [-0.25, -0.2) is 18.2 Å². The number of aromatic carboxylic acids is 1. The molecule has 0 amide bonds. The minimum Gasteiger partial charge on any atom is -0.534 e. The van der Waals surface area contributed by atoms with Crippen molar-refractivity contribution in [2.45, 2.75) is 16.8 Å². The predicted octanol–water partition coefficient (Wildman–Crippen LogP) is -0.835. The first-order valence-corrected chi connectivity index (χ1v) is 9.60. The Balaban J connectivity index is 1.70. The molecule has 0 radical (unpaired) electrons. The summed E-state index contributed by atoms with van der Waals surface area (Å²) in [5.41, 5.74) is 0.596. The van der Waals surface area contributed by atoms with Gasteiger partial charge in [-0.15, -0.1) is 0 Å². The lowest BCUT2D eigenvalue weighted by molar-refractivity contribution is 0.0690. The first kappa shape index (κ1) is 18.3. The standard InChI is InChI=1S/C13H17BN2O7S2/c1-22-9-3-2-7-4-10(14(19)23-12(7)11(9)13(17)18)24-8-5-16(6-8)15-25(20)21/h2-3,8,10,19,25H,4-6H2,1H3,(H,17,18)(H,15,20,21)/t10-/m0/s1. The molecular formula is C13H17BN2O7S2. The van der Waals surface area contributed by atoms with E-state index >= 15 is 0 Å². The highest BCUT2D eigenvalue weighted by Gasteiger charge is 2.41. The summed E-state index contributed by atoms with van der Waals surface area (Å²) in [6.07, 6.45) is 0.450. The van der Waals surface area contributed by atoms with Crippen LogP contribution in [0.4, 0.5) is 0 Å². The molecule has 1 aromatic rings. The minimum absolute atomic E-state index is 0.0965. The third-order valence-corrected chi connectivity index (χ3v) is 5.93. The Morgan fingerprint density at radius 2 is 2.20 bits per heavy atom. The summed E-state index contributed by atoms with van der Waals surface area (Å²) in [5.74, 6) is -0.868. The number of hydrogen-bond donors (Lipinski definition) is 4. The van der Waals surface area contributed by atoms with Crippen molar-refractivity contribution >= 4 is 35.7 Å². The number of nitrogens with one attached hydrogen (secondary N) is 1. The second-order valence-corrected chi connectivity index (χ2v) is 7.97. The molecule has 1 aromatic carbocycles. The Hall–Kier alpha value is -1.47. The molecule has 9 nitrogen and oxygen atoms in total. The summed E-state index contributed by atoms with van der Waals surface area (Å²) in [6, 6.07) is 3.31. The number of carbonyl (C=O) groups is 1. The van der Waals surface area contributed by atoms with Gasteiger partial charge < -0.3 is 19.5 Å². The maximum Gasteiger partial charge on any atom is 0.536 e. The molecule has 3 rings (SSSR count). The number of benzene rings is 1. The minimum atomic E-state index is -2.67. The number of thiol groups is 1. The number of hydrogen-bond acceptors (Lipinski definition) is 8. The first-order chi connectivity index (χ1) is 11.9. The number of rotatable bonds is 6. The van der Waals surface area contributed by atoms with E-state index in [1.165, 1.54) is 18.9 Å². The van der Waals surface area contributed by atoms with E-state index < -0.39 is 24.0 Å². The maximum atomic E-state index is 11.5. The van der Waals surface area contributed by atoms with E-state index in [0.717, 1.165) is 0 Å². The molecule has 2 aliphatic rings. The van der Waals surface area contributed by atoms with Gasteiger partial charge in [0.1, 0.15) is 17.1 Å². The smallest absolute Gasteiger partial charge is 0.534 e. The Labute approximate surface area is 150 Å². The number of methoxy groups -OCH3 is 1. The molecule has 0 aromatic heterocycles. The fraction of sp³-hybridized carbons (Fsp3) is 0.462. The average molecular weight is 388 g/mol. The van der Waals surface area contributed by atoms with Crippen molar-refractivity contribution in [2.24, 2.45) is 0 Å². The molecule has 0 unspecified atom stereocenters. The fourth-order valence-electron chi connectivity index (χ4n) is 2.87. The van der Waals surface area contributed by atoms with E-state index in [0.29, 0.717) is 25.1 Å². The lowest BCUT2D eigenvalue weighted by atomic mass is 9.77. The van der Waals surface area contributed by atoms with Crippen LogP contribution in [0.5, 0.6) is 11.5 Å². The number of nitrogens with zero attached hydrogens (tertiary/aromatic N) is 1. The molecule has 0 saturated carbocycles. The highest BCUT2D eigenvalue weighted by Crippen LogP contribution is 2.40. The van der Waals surface area contributed by atoms with Crippen LogP contribution in [0.3, 0.4) is 0 Å². The number of fused-ring (bicyclic) bond motifs is 1. The number of hydrazine groups is 1. The van der Waals surface area contributed by atoms with Crippen molar-refractivity contribution in [1.29, 1.82) is 0 Å². The Bertz CT molecular complexity index is 746. The van der Waals surface area contributed by atoms with Gasteiger partial charge >= 0.3 is 13.1 Å². The van der Waals surface area contributed by atoms with Crippen LogP contribution in [0.1, 0.15) is 15.9 Å². The average Bonchev–Trinajstić information content (AvgIpc) is 2.51. The highest BCUT2D eigenvalue weighted by atomic mass is 32.2. The molecule has 12 heteroatoms.